The summed E-state index contributed by atoms with van der Waals surface area (Å²) in [6.07, 6.45) is 1.22. The molecule has 156 valence electrons. The second kappa shape index (κ2) is 8.71. The minimum absolute atomic E-state index is 0.314. The quantitative estimate of drug-likeness (QED) is 0.771. The predicted molar refractivity (Wildman–Crippen MR) is 113 cm³/mol. The lowest BCUT2D eigenvalue weighted by atomic mass is 10.1. The number of anilines is 2. The maximum atomic E-state index is 13.0. The van der Waals surface area contributed by atoms with Gasteiger partial charge in [-0.25, -0.2) is 8.42 Å². The van der Waals surface area contributed by atoms with E-state index in [0.29, 0.717) is 48.9 Å². The van der Waals surface area contributed by atoms with Gasteiger partial charge in [0.1, 0.15) is 17.1 Å². The van der Waals surface area contributed by atoms with Crippen LogP contribution in [0.15, 0.2) is 42.5 Å². The van der Waals surface area contributed by atoms with Crippen LogP contribution in [0.1, 0.15) is 10.4 Å². The van der Waals surface area contributed by atoms with Crippen molar-refractivity contribution in [1.82, 2.24) is 4.31 Å². The second-order valence-corrected chi connectivity index (χ2v) is 8.64. The molecule has 0 atom stereocenters. The summed E-state index contributed by atoms with van der Waals surface area (Å²) >= 11 is 0. The zero-order valence-corrected chi connectivity index (χ0v) is 17.5. The Balaban J connectivity index is 1.83. The first-order chi connectivity index (χ1) is 13.8. The van der Waals surface area contributed by atoms with Crippen LogP contribution in [0.5, 0.6) is 11.5 Å². The van der Waals surface area contributed by atoms with Gasteiger partial charge in [0.15, 0.2) is 0 Å². The lowest BCUT2D eigenvalue weighted by molar-refractivity contribution is 0.102. The minimum Gasteiger partial charge on any atom is -0.496 e. The summed E-state index contributed by atoms with van der Waals surface area (Å²) in [7, 11) is -0.201. The molecule has 1 heterocycles. The van der Waals surface area contributed by atoms with E-state index in [4.69, 9.17) is 9.47 Å². The Bertz CT molecular complexity index is 963. The first-order valence-corrected chi connectivity index (χ1v) is 11.0. The lowest BCUT2D eigenvalue weighted by Crippen LogP contribution is -2.48. The van der Waals surface area contributed by atoms with Gasteiger partial charge in [-0.2, -0.15) is 4.31 Å². The van der Waals surface area contributed by atoms with Gasteiger partial charge >= 0.3 is 0 Å². The average molecular weight is 420 g/mol. The molecule has 0 spiro atoms. The molecule has 1 saturated heterocycles. The highest BCUT2D eigenvalue weighted by molar-refractivity contribution is 7.88. The molecule has 0 unspecified atom stereocenters. The Kier molecular flexibility index (Phi) is 6.29. The Morgan fingerprint density at radius 3 is 2.07 bits per heavy atom. The maximum absolute atomic E-state index is 13.0. The van der Waals surface area contributed by atoms with Gasteiger partial charge in [0.25, 0.3) is 5.91 Å². The van der Waals surface area contributed by atoms with Crippen molar-refractivity contribution in [3.05, 3.63) is 48.0 Å². The molecule has 0 aliphatic carbocycles. The van der Waals surface area contributed by atoms with Crippen molar-refractivity contribution in [3.8, 4) is 11.5 Å². The average Bonchev–Trinajstić information content (AvgIpc) is 2.72. The second-order valence-electron chi connectivity index (χ2n) is 6.66. The first kappa shape index (κ1) is 20.9. The number of piperazine rings is 1. The summed E-state index contributed by atoms with van der Waals surface area (Å²) in [5, 5.41) is 2.94. The highest BCUT2D eigenvalue weighted by Gasteiger charge is 2.25. The van der Waals surface area contributed by atoms with Crippen LogP contribution in [-0.4, -0.2) is 65.3 Å². The van der Waals surface area contributed by atoms with Gasteiger partial charge in [-0.1, -0.05) is 18.2 Å². The molecule has 8 nitrogen and oxygen atoms in total. The third-order valence-corrected chi connectivity index (χ3v) is 6.16. The number of rotatable bonds is 6. The molecule has 0 aromatic heterocycles. The number of hydrogen-bond donors (Lipinski definition) is 1. The topological polar surface area (TPSA) is 88.2 Å². The van der Waals surface area contributed by atoms with Crippen LogP contribution in [0, 0.1) is 0 Å². The van der Waals surface area contributed by atoms with Crippen LogP contribution in [0.4, 0.5) is 11.4 Å². The number of carbonyl (C=O) groups is 1. The molecular weight excluding hydrogens is 394 g/mol. The van der Waals surface area contributed by atoms with Gasteiger partial charge in [-0.15, -0.1) is 0 Å². The molecule has 2 aromatic rings. The number of methoxy groups -OCH3 is 2. The Morgan fingerprint density at radius 2 is 1.52 bits per heavy atom. The van der Waals surface area contributed by atoms with Crippen molar-refractivity contribution >= 4 is 27.3 Å². The molecule has 1 N–H and O–H groups in total. The van der Waals surface area contributed by atoms with Crippen LogP contribution >= 0.6 is 0 Å². The smallest absolute Gasteiger partial charge is 0.263 e. The third-order valence-electron chi connectivity index (χ3n) is 4.86. The van der Waals surface area contributed by atoms with E-state index in [1.807, 2.05) is 24.3 Å². The molecule has 29 heavy (non-hydrogen) atoms. The molecular formula is C20H25N3O5S. The normalized spacial score (nSPS) is 15.1. The Labute approximate surface area is 171 Å². The number of nitrogens with one attached hydrogen (secondary N) is 1. The number of carbonyl (C=O) groups excluding carboxylic acids is 1. The van der Waals surface area contributed by atoms with Gasteiger partial charge in [0.05, 0.1) is 31.9 Å². The van der Waals surface area contributed by atoms with E-state index >= 15 is 0 Å². The summed E-state index contributed by atoms with van der Waals surface area (Å²) in [5.74, 6) is 0.490. The van der Waals surface area contributed by atoms with Crippen molar-refractivity contribution < 1.29 is 22.7 Å². The summed E-state index contributed by atoms with van der Waals surface area (Å²) in [5.41, 5.74) is 1.79. The minimum atomic E-state index is -3.20. The summed E-state index contributed by atoms with van der Waals surface area (Å²) in [4.78, 5) is 15.1. The zero-order chi connectivity index (χ0) is 21.0. The van der Waals surface area contributed by atoms with Crippen molar-refractivity contribution in [2.45, 2.75) is 0 Å². The summed E-state index contributed by atoms with van der Waals surface area (Å²) in [6.45, 7) is 1.89. The molecule has 0 radical (unpaired) electrons. The van der Waals surface area contributed by atoms with E-state index in [-0.39, 0.29) is 5.91 Å². The number of hydrogen-bond acceptors (Lipinski definition) is 6. The van der Waals surface area contributed by atoms with E-state index in [1.54, 1.807) is 18.2 Å². The number of sulfonamides is 1. The standard InChI is InChI=1S/C20H25N3O5S/c1-27-17-9-6-10-18(28-2)19(17)20(24)21-15-7-4-5-8-16(15)22-11-13-23(14-12-22)29(3,25)26/h4-10H,11-14H2,1-3H3,(H,21,24). The van der Waals surface area contributed by atoms with Crippen molar-refractivity contribution in [2.75, 3.05) is 56.9 Å². The number of benzene rings is 2. The van der Waals surface area contributed by atoms with E-state index in [1.165, 1.54) is 24.8 Å². The lowest BCUT2D eigenvalue weighted by Gasteiger charge is -2.35. The van der Waals surface area contributed by atoms with Crippen LogP contribution in [-0.2, 0) is 10.0 Å². The highest BCUT2D eigenvalue weighted by atomic mass is 32.2. The van der Waals surface area contributed by atoms with E-state index in [2.05, 4.69) is 10.2 Å². The van der Waals surface area contributed by atoms with Crippen LogP contribution < -0.4 is 19.7 Å². The first-order valence-electron chi connectivity index (χ1n) is 9.16. The molecule has 1 fully saturated rings. The predicted octanol–water partition coefficient (Wildman–Crippen LogP) is 2.04. The SMILES string of the molecule is COc1cccc(OC)c1C(=O)Nc1ccccc1N1CCN(S(C)(=O)=O)CC1. The fraction of sp³-hybridized carbons (Fsp3) is 0.350. The van der Waals surface area contributed by atoms with Crippen molar-refractivity contribution in [1.29, 1.82) is 0 Å². The zero-order valence-electron chi connectivity index (χ0n) is 16.7. The fourth-order valence-corrected chi connectivity index (χ4v) is 4.20. The number of nitrogens with zero attached hydrogens (tertiary/aromatic N) is 2. The maximum Gasteiger partial charge on any atom is 0.263 e. The largest absolute Gasteiger partial charge is 0.496 e. The highest BCUT2D eigenvalue weighted by Crippen LogP contribution is 2.32. The third kappa shape index (κ3) is 4.63. The van der Waals surface area contributed by atoms with Gasteiger partial charge in [-0.3, -0.25) is 4.79 Å². The molecule has 9 heteroatoms. The number of amides is 1. The van der Waals surface area contributed by atoms with Crippen LogP contribution in [0.3, 0.4) is 0 Å². The van der Waals surface area contributed by atoms with Gasteiger partial charge in [0, 0.05) is 26.2 Å². The number of para-hydroxylation sites is 2. The van der Waals surface area contributed by atoms with E-state index in [9.17, 15) is 13.2 Å². The van der Waals surface area contributed by atoms with Crippen LogP contribution in [0.25, 0.3) is 0 Å². The Hall–Kier alpha value is -2.78. The molecule has 1 aliphatic heterocycles. The Morgan fingerprint density at radius 1 is 0.931 bits per heavy atom. The summed E-state index contributed by atoms with van der Waals surface area (Å²) < 4.78 is 35.6. The van der Waals surface area contributed by atoms with Crippen LogP contribution in [0.2, 0.25) is 0 Å². The number of ether oxygens (including phenoxy) is 2. The molecule has 0 bridgehead atoms. The molecule has 0 saturated carbocycles. The molecule has 2 aromatic carbocycles. The van der Waals surface area contributed by atoms with Gasteiger partial charge < -0.3 is 19.7 Å². The van der Waals surface area contributed by atoms with Gasteiger partial charge in [-0.05, 0) is 24.3 Å². The summed E-state index contributed by atoms with van der Waals surface area (Å²) in [6, 6.07) is 12.6. The van der Waals surface area contributed by atoms with Gasteiger partial charge in [0.2, 0.25) is 10.0 Å². The van der Waals surface area contributed by atoms with Crippen molar-refractivity contribution in [3.63, 3.8) is 0 Å². The monoisotopic (exact) mass is 419 g/mol. The molecule has 1 amide bonds. The van der Waals surface area contributed by atoms with E-state index in [0.717, 1.165) is 5.69 Å². The fourth-order valence-electron chi connectivity index (χ4n) is 3.38. The van der Waals surface area contributed by atoms with Crippen molar-refractivity contribution in [2.24, 2.45) is 0 Å². The molecule has 3 rings (SSSR count). The molecule has 1 aliphatic rings. The van der Waals surface area contributed by atoms with E-state index < -0.39 is 10.0 Å².